The second kappa shape index (κ2) is 3.09. The van der Waals surface area contributed by atoms with Crippen LogP contribution in [0.5, 0.6) is 0 Å². The molecule has 0 atom stereocenters. The monoisotopic (exact) mass is 204 g/mol. The first kappa shape index (κ1) is 2.65. The van der Waals surface area contributed by atoms with Crippen LogP contribution < -0.4 is 0 Å². The summed E-state index contributed by atoms with van der Waals surface area (Å²) in [5.41, 5.74) is -0.609. The Morgan fingerprint density at radius 3 is 1.93 bits per heavy atom. The average molecular weight is 204 g/mol. The van der Waals surface area contributed by atoms with Crippen molar-refractivity contribution in [3.63, 3.8) is 0 Å². The quantitative estimate of drug-likeness (QED) is 0.479. The van der Waals surface area contributed by atoms with Crippen molar-refractivity contribution in [1.82, 2.24) is 0 Å². The van der Waals surface area contributed by atoms with Crippen LogP contribution in [-0.2, 0) is 0 Å². The predicted octanol–water partition coefficient (Wildman–Crippen LogP) is 4.30. The van der Waals surface area contributed by atoms with E-state index in [1.54, 1.807) is 0 Å². The molecule has 0 aliphatic heterocycles. The van der Waals surface area contributed by atoms with Crippen molar-refractivity contribution in [3.05, 3.63) is 59.9 Å². The maximum Gasteiger partial charge on any atom is 0.0636 e. The number of benzene rings is 3. The summed E-state index contributed by atoms with van der Waals surface area (Å²) in [6.45, 7) is -2.94. The Morgan fingerprint density at radius 2 is 1.40 bits per heavy atom. The first-order valence-corrected chi connectivity index (χ1v) is 4.25. The highest BCUT2D eigenvalue weighted by Crippen LogP contribution is 2.27. The van der Waals surface area contributed by atoms with Crippen molar-refractivity contribution in [2.45, 2.75) is 6.85 Å². The van der Waals surface area contributed by atoms with Crippen molar-refractivity contribution in [1.29, 1.82) is 0 Å². The van der Waals surface area contributed by atoms with E-state index in [0.717, 1.165) is 0 Å². The molecule has 0 aliphatic rings. The molecular weight excluding hydrogens is 180 g/mol. The molecule has 0 heteroatoms. The molecule has 0 aromatic heterocycles. The molecule has 0 saturated heterocycles. The van der Waals surface area contributed by atoms with Crippen molar-refractivity contribution in [3.8, 4) is 0 Å². The zero-order valence-electron chi connectivity index (χ0n) is 19.5. The van der Waals surface area contributed by atoms with E-state index in [9.17, 15) is 0 Å². The predicted molar refractivity (Wildman–Crippen MR) is 66.2 cm³/mol. The molecule has 72 valence electrons. The van der Waals surface area contributed by atoms with Crippen molar-refractivity contribution < 1.29 is 16.4 Å². The fourth-order valence-corrected chi connectivity index (χ4v) is 1.44. The van der Waals surface area contributed by atoms with E-state index >= 15 is 0 Å². The highest BCUT2D eigenvalue weighted by molar-refractivity contribution is 6.01. The third kappa shape index (κ3) is 1.22. The van der Waals surface area contributed by atoms with E-state index in [0.29, 0.717) is 0 Å². The van der Waals surface area contributed by atoms with Gasteiger partial charge in [-0.3, -0.25) is 0 Å². The van der Waals surface area contributed by atoms with Gasteiger partial charge in [-0.25, -0.2) is 0 Å². The van der Waals surface area contributed by atoms with Gasteiger partial charge in [0.1, 0.15) is 0 Å². The maximum absolute atomic E-state index is 8.36. The zero-order valence-corrected chi connectivity index (χ0v) is 7.50. The Kier molecular flexibility index (Phi) is 0.546. The van der Waals surface area contributed by atoms with Gasteiger partial charge in [0, 0.05) is 4.11 Å². The molecule has 3 aromatic carbocycles. The van der Waals surface area contributed by atoms with Crippen molar-refractivity contribution >= 4 is 21.5 Å². The van der Waals surface area contributed by atoms with Crippen LogP contribution in [-0.4, -0.2) is 0 Å². The van der Waals surface area contributed by atoms with Crippen LogP contribution in [0.25, 0.3) is 21.5 Å². The fraction of sp³-hybridized carbons (Fsp3) is 0.0667. The summed E-state index contributed by atoms with van der Waals surface area (Å²) in [5.74, 6) is 0. The Labute approximate surface area is 106 Å². The van der Waals surface area contributed by atoms with Gasteiger partial charge in [-0.15, -0.1) is 0 Å². The van der Waals surface area contributed by atoms with E-state index in [1.165, 1.54) is 0 Å². The highest BCUT2D eigenvalue weighted by atomic mass is 14.1. The van der Waals surface area contributed by atoms with Gasteiger partial charge in [0.05, 0.1) is 12.3 Å². The standard InChI is InChI=1S/C15H12/c1-11-14-8-4-2-6-12(14)10-13-7-3-5-9-15(11)13/h2-10H,1H3/i1D3,2D,3D,4D,5D,6D,7D,8D,9D,10D. The Bertz CT molecular complexity index is 1060. The SMILES string of the molecule is [2H]c1c([2H])c([2H])c2c(C([2H])([2H])[2H])c3c([2H])c([2H])c([2H])c([2H])c3c([2H])c2c1[2H]. The summed E-state index contributed by atoms with van der Waals surface area (Å²) < 4.78 is 95.6. The molecule has 0 aliphatic carbocycles. The Balaban J connectivity index is 2.91. The summed E-state index contributed by atoms with van der Waals surface area (Å²) in [6, 6.07) is -5.83. The molecular formula is C15H12. The van der Waals surface area contributed by atoms with Crippen LogP contribution in [0.1, 0.15) is 22.0 Å². The molecule has 0 unspecified atom stereocenters. The molecule has 3 rings (SSSR count). The molecule has 0 heterocycles. The summed E-state index contributed by atoms with van der Waals surface area (Å²) in [7, 11) is 0. The van der Waals surface area contributed by atoms with Gasteiger partial charge in [-0.2, -0.15) is 0 Å². The molecule has 0 amide bonds. The van der Waals surface area contributed by atoms with Crippen LogP contribution in [0, 0.1) is 6.85 Å². The smallest absolute Gasteiger partial charge is 0.0616 e. The molecule has 15 heavy (non-hydrogen) atoms. The lowest BCUT2D eigenvalue weighted by Gasteiger charge is -2.06. The molecule has 0 saturated carbocycles. The second-order valence-corrected chi connectivity index (χ2v) is 3.00. The molecule has 0 bridgehead atoms. The van der Waals surface area contributed by atoms with Gasteiger partial charge >= 0.3 is 0 Å². The topological polar surface area (TPSA) is 0 Å². The van der Waals surface area contributed by atoms with Crippen LogP contribution in [0.4, 0.5) is 0 Å². The first-order chi connectivity index (χ1) is 12.3. The lowest BCUT2D eigenvalue weighted by atomic mass is 9.98. The second-order valence-electron chi connectivity index (χ2n) is 3.00. The van der Waals surface area contributed by atoms with Crippen molar-refractivity contribution in [2.24, 2.45) is 0 Å². The summed E-state index contributed by atoms with van der Waals surface area (Å²) in [5, 5.41) is -1.62. The van der Waals surface area contributed by atoms with Crippen LogP contribution >= 0.6 is 0 Å². The average Bonchev–Trinajstić information content (AvgIpc) is 2.58. The number of aryl methyl sites for hydroxylation is 1. The molecule has 0 nitrogen and oxygen atoms in total. The number of rotatable bonds is 0. The van der Waals surface area contributed by atoms with Gasteiger partial charge in [0.25, 0.3) is 0 Å². The normalized spacial score (nSPS) is 23.2. The van der Waals surface area contributed by atoms with Crippen LogP contribution in [0.15, 0.2) is 54.4 Å². The minimum absolute atomic E-state index is 0.385. The van der Waals surface area contributed by atoms with Gasteiger partial charge in [-0.05, 0) is 40.0 Å². The van der Waals surface area contributed by atoms with Crippen LogP contribution in [0.2, 0.25) is 0 Å². The van der Waals surface area contributed by atoms with Gasteiger partial charge in [0.15, 0.2) is 0 Å². The highest BCUT2D eigenvalue weighted by Gasteiger charge is 2.01. The Morgan fingerprint density at radius 1 is 0.867 bits per heavy atom. The third-order valence-corrected chi connectivity index (χ3v) is 2.12. The lowest BCUT2D eigenvalue weighted by molar-refractivity contribution is 1.58. The number of fused-ring (bicyclic) bond motifs is 2. The van der Waals surface area contributed by atoms with E-state index in [1.807, 2.05) is 0 Å². The van der Waals surface area contributed by atoms with Gasteiger partial charge < -0.3 is 0 Å². The van der Waals surface area contributed by atoms with E-state index in [4.69, 9.17) is 16.4 Å². The van der Waals surface area contributed by atoms with E-state index in [-0.39, 0.29) is 10.8 Å². The van der Waals surface area contributed by atoms with E-state index < -0.39 is 77.6 Å². The number of hydrogen-bond acceptors (Lipinski definition) is 0. The molecule has 0 fully saturated rings. The number of hydrogen-bond donors (Lipinski definition) is 0. The zero-order chi connectivity index (χ0) is 20.6. The molecule has 3 aromatic rings. The Hall–Kier alpha value is -1.82. The molecule has 0 radical (unpaired) electrons. The third-order valence-electron chi connectivity index (χ3n) is 2.12. The van der Waals surface area contributed by atoms with Crippen LogP contribution in [0.3, 0.4) is 0 Å². The maximum atomic E-state index is 8.36. The summed E-state index contributed by atoms with van der Waals surface area (Å²) in [6.07, 6.45) is 0. The van der Waals surface area contributed by atoms with E-state index in [2.05, 4.69) is 0 Å². The molecule has 0 spiro atoms. The fourth-order valence-electron chi connectivity index (χ4n) is 1.44. The summed E-state index contributed by atoms with van der Waals surface area (Å²) in [4.78, 5) is 0. The summed E-state index contributed by atoms with van der Waals surface area (Å²) >= 11 is 0. The largest absolute Gasteiger partial charge is 0.0636 e. The van der Waals surface area contributed by atoms with Gasteiger partial charge in [0.2, 0.25) is 0 Å². The first-order valence-electron chi connectivity index (χ1n) is 10.2. The molecule has 0 N–H and O–H groups in total. The lowest BCUT2D eigenvalue weighted by Crippen LogP contribution is -1.81. The minimum Gasteiger partial charge on any atom is -0.0616 e. The van der Waals surface area contributed by atoms with Gasteiger partial charge in [-0.1, -0.05) is 48.3 Å². The minimum atomic E-state index is -2.94. The van der Waals surface area contributed by atoms with Crippen molar-refractivity contribution in [2.75, 3.05) is 0 Å².